The molecule has 1 rings (SSSR count). The zero-order valence-electron chi connectivity index (χ0n) is 10.8. The van der Waals surface area contributed by atoms with Crippen molar-refractivity contribution < 1.29 is 4.74 Å². The Labute approximate surface area is 99.0 Å². The van der Waals surface area contributed by atoms with Crippen LogP contribution in [0.3, 0.4) is 0 Å². The minimum absolute atomic E-state index is 0.299. The topological polar surface area (TPSA) is 21.3 Å². The molecule has 0 radical (unpaired) electrons. The Balaban J connectivity index is 2.49. The summed E-state index contributed by atoms with van der Waals surface area (Å²) < 4.78 is 5.63. The molecule has 1 atom stereocenters. The van der Waals surface area contributed by atoms with E-state index in [4.69, 9.17) is 4.74 Å². The molecule has 0 aliphatic rings. The molecule has 1 unspecified atom stereocenters. The number of ether oxygens (including phenoxy) is 1. The van der Waals surface area contributed by atoms with Crippen molar-refractivity contribution >= 4 is 0 Å². The Kier molecular flexibility index (Phi) is 5.50. The summed E-state index contributed by atoms with van der Waals surface area (Å²) >= 11 is 0. The molecule has 0 aliphatic heterocycles. The van der Waals surface area contributed by atoms with Gasteiger partial charge in [-0.25, -0.2) is 0 Å². The van der Waals surface area contributed by atoms with Gasteiger partial charge in [-0.05, 0) is 39.8 Å². The van der Waals surface area contributed by atoms with Gasteiger partial charge in [0.15, 0.2) is 0 Å². The molecule has 0 fully saturated rings. The van der Waals surface area contributed by atoms with Crippen LogP contribution in [0, 0.1) is 6.92 Å². The molecule has 1 N–H and O–H groups in total. The van der Waals surface area contributed by atoms with Crippen molar-refractivity contribution in [2.45, 2.75) is 39.3 Å². The van der Waals surface area contributed by atoms with E-state index >= 15 is 0 Å². The first-order chi connectivity index (χ1) is 7.61. The van der Waals surface area contributed by atoms with Crippen LogP contribution in [0.25, 0.3) is 0 Å². The fourth-order valence-electron chi connectivity index (χ4n) is 1.68. The van der Waals surface area contributed by atoms with Gasteiger partial charge in [-0.15, -0.1) is 0 Å². The summed E-state index contributed by atoms with van der Waals surface area (Å²) in [5.74, 6) is 0. The maximum absolute atomic E-state index is 5.63. The van der Waals surface area contributed by atoms with Crippen molar-refractivity contribution in [3.8, 4) is 0 Å². The summed E-state index contributed by atoms with van der Waals surface area (Å²) in [6, 6.07) is 9.04. The normalized spacial score (nSPS) is 13.1. The second kappa shape index (κ2) is 6.66. The standard InChI is InChI=1S/C14H23NO/c1-11(2)16-10-14(15-4)9-13-7-5-6-12(3)8-13/h5-8,11,14-15H,9-10H2,1-4H3. The number of rotatable bonds is 6. The minimum Gasteiger partial charge on any atom is -0.377 e. The largest absolute Gasteiger partial charge is 0.377 e. The first-order valence-corrected chi connectivity index (χ1v) is 5.96. The first-order valence-electron chi connectivity index (χ1n) is 5.96. The highest BCUT2D eigenvalue weighted by Gasteiger charge is 2.08. The zero-order valence-corrected chi connectivity index (χ0v) is 10.8. The van der Waals surface area contributed by atoms with E-state index in [2.05, 4.69) is 50.4 Å². The molecule has 0 bridgehead atoms. The van der Waals surface area contributed by atoms with Gasteiger partial charge in [0.05, 0.1) is 12.7 Å². The van der Waals surface area contributed by atoms with Crippen LogP contribution >= 0.6 is 0 Å². The maximum Gasteiger partial charge on any atom is 0.0626 e. The zero-order chi connectivity index (χ0) is 12.0. The second-order valence-electron chi connectivity index (χ2n) is 4.56. The van der Waals surface area contributed by atoms with Gasteiger partial charge in [-0.3, -0.25) is 0 Å². The van der Waals surface area contributed by atoms with Crippen LogP contribution in [0.1, 0.15) is 25.0 Å². The molecule has 0 amide bonds. The lowest BCUT2D eigenvalue weighted by Gasteiger charge is -2.18. The fraction of sp³-hybridized carbons (Fsp3) is 0.571. The van der Waals surface area contributed by atoms with E-state index in [0.717, 1.165) is 13.0 Å². The summed E-state index contributed by atoms with van der Waals surface area (Å²) in [4.78, 5) is 0. The molecular weight excluding hydrogens is 198 g/mol. The number of aryl methyl sites for hydroxylation is 1. The van der Waals surface area contributed by atoms with E-state index in [1.165, 1.54) is 11.1 Å². The predicted molar refractivity (Wildman–Crippen MR) is 68.8 cm³/mol. The van der Waals surface area contributed by atoms with Gasteiger partial charge < -0.3 is 10.1 Å². The van der Waals surface area contributed by atoms with Gasteiger partial charge in [-0.1, -0.05) is 29.8 Å². The molecule has 1 aromatic carbocycles. The van der Waals surface area contributed by atoms with E-state index in [0.29, 0.717) is 12.1 Å². The Morgan fingerprint density at radius 3 is 2.62 bits per heavy atom. The minimum atomic E-state index is 0.299. The van der Waals surface area contributed by atoms with Crippen molar-refractivity contribution in [2.75, 3.05) is 13.7 Å². The molecule has 0 aromatic heterocycles. The van der Waals surface area contributed by atoms with E-state index < -0.39 is 0 Å². The Morgan fingerprint density at radius 1 is 1.31 bits per heavy atom. The average Bonchev–Trinajstić information content (AvgIpc) is 2.24. The van der Waals surface area contributed by atoms with E-state index in [-0.39, 0.29) is 0 Å². The van der Waals surface area contributed by atoms with Gasteiger partial charge in [0.2, 0.25) is 0 Å². The van der Waals surface area contributed by atoms with E-state index in [9.17, 15) is 0 Å². The third-order valence-corrected chi connectivity index (χ3v) is 2.60. The third kappa shape index (κ3) is 4.77. The SMILES string of the molecule is CNC(COC(C)C)Cc1cccc(C)c1. The van der Waals surface area contributed by atoms with E-state index in [1.54, 1.807) is 0 Å². The molecular formula is C14H23NO. The number of hydrogen-bond donors (Lipinski definition) is 1. The van der Waals surface area contributed by atoms with Crippen LogP contribution in [0.2, 0.25) is 0 Å². The van der Waals surface area contributed by atoms with E-state index in [1.807, 2.05) is 7.05 Å². The van der Waals surface area contributed by atoms with Gasteiger partial charge in [0.25, 0.3) is 0 Å². The summed E-state index contributed by atoms with van der Waals surface area (Å²) in [7, 11) is 1.99. The highest BCUT2D eigenvalue weighted by Crippen LogP contribution is 2.07. The highest BCUT2D eigenvalue weighted by molar-refractivity contribution is 5.22. The lowest BCUT2D eigenvalue weighted by Crippen LogP contribution is -2.33. The van der Waals surface area contributed by atoms with Crippen molar-refractivity contribution in [3.63, 3.8) is 0 Å². The number of likely N-dealkylation sites (N-methyl/N-ethyl adjacent to an activating group) is 1. The first kappa shape index (κ1) is 13.2. The lowest BCUT2D eigenvalue weighted by molar-refractivity contribution is 0.0628. The van der Waals surface area contributed by atoms with Crippen LogP contribution in [0.5, 0.6) is 0 Å². The van der Waals surface area contributed by atoms with Gasteiger partial charge >= 0.3 is 0 Å². The Bertz CT molecular complexity index is 309. The fourth-order valence-corrected chi connectivity index (χ4v) is 1.68. The van der Waals surface area contributed by atoms with Crippen molar-refractivity contribution in [1.29, 1.82) is 0 Å². The van der Waals surface area contributed by atoms with Crippen LogP contribution in [0.4, 0.5) is 0 Å². The van der Waals surface area contributed by atoms with Crippen LogP contribution in [-0.4, -0.2) is 25.8 Å². The van der Waals surface area contributed by atoms with Crippen LogP contribution in [-0.2, 0) is 11.2 Å². The number of hydrogen-bond acceptors (Lipinski definition) is 2. The lowest BCUT2D eigenvalue weighted by atomic mass is 10.0. The Morgan fingerprint density at radius 2 is 2.06 bits per heavy atom. The quantitative estimate of drug-likeness (QED) is 0.797. The molecule has 2 heteroatoms. The molecule has 0 aliphatic carbocycles. The molecule has 90 valence electrons. The van der Waals surface area contributed by atoms with Crippen molar-refractivity contribution in [1.82, 2.24) is 5.32 Å². The molecule has 16 heavy (non-hydrogen) atoms. The maximum atomic E-state index is 5.63. The summed E-state index contributed by atoms with van der Waals surface area (Å²) in [6.45, 7) is 7.03. The summed E-state index contributed by atoms with van der Waals surface area (Å²) in [5, 5.41) is 3.30. The molecule has 0 saturated carbocycles. The van der Waals surface area contributed by atoms with Gasteiger partial charge in [0, 0.05) is 6.04 Å². The second-order valence-corrected chi connectivity index (χ2v) is 4.56. The highest BCUT2D eigenvalue weighted by atomic mass is 16.5. The van der Waals surface area contributed by atoms with Gasteiger partial charge in [0.1, 0.15) is 0 Å². The van der Waals surface area contributed by atoms with Gasteiger partial charge in [-0.2, -0.15) is 0 Å². The number of nitrogens with one attached hydrogen (secondary N) is 1. The molecule has 2 nitrogen and oxygen atoms in total. The monoisotopic (exact) mass is 221 g/mol. The summed E-state index contributed by atoms with van der Waals surface area (Å²) in [6.07, 6.45) is 1.32. The van der Waals surface area contributed by atoms with Crippen LogP contribution in [0.15, 0.2) is 24.3 Å². The van der Waals surface area contributed by atoms with Crippen molar-refractivity contribution in [2.24, 2.45) is 0 Å². The third-order valence-electron chi connectivity index (χ3n) is 2.60. The summed E-state index contributed by atoms with van der Waals surface area (Å²) in [5.41, 5.74) is 2.68. The number of benzene rings is 1. The van der Waals surface area contributed by atoms with Crippen molar-refractivity contribution in [3.05, 3.63) is 35.4 Å². The average molecular weight is 221 g/mol. The molecule has 0 saturated heterocycles. The Hall–Kier alpha value is -0.860. The molecule has 0 spiro atoms. The van der Waals surface area contributed by atoms with Crippen LogP contribution < -0.4 is 5.32 Å². The smallest absolute Gasteiger partial charge is 0.0626 e. The predicted octanol–water partition coefficient (Wildman–Crippen LogP) is 2.55. The molecule has 1 aromatic rings. The molecule has 0 heterocycles.